The summed E-state index contributed by atoms with van der Waals surface area (Å²) in [7, 11) is 0. The number of rotatable bonds is 2. The van der Waals surface area contributed by atoms with Crippen molar-refractivity contribution in [3.05, 3.63) is 81.8 Å². The van der Waals surface area contributed by atoms with Crippen molar-refractivity contribution >= 4 is 22.9 Å². The summed E-state index contributed by atoms with van der Waals surface area (Å²) < 4.78 is 0. The molecule has 23 heavy (non-hydrogen) atoms. The second kappa shape index (κ2) is 6.91. The quantitative estimate of drug-likeness (QED) is 0.723. The van der Waals surface area contributed by atoms with Crippen LogP contribution in [-0.2, 0) is 0 Å². The molecular weight excluding hydrogens is 304 g/mol. The summed E-state index contributed by atoms with van der Waals surface area (Å²) in [4.78, 5) is 16.9. The van der Waals surface area contributed by atoms with Crippen LogP contribution in [0.1, 0.15) is 25.8 Å². The van der Waals surface area contributed by atoms with E-state index in [0.29, 0.717) is 9.88 Å². The van der Waals surface area contributed by atoms with Crippen LogP contribution < -0.4 is 5.32 Å². The summed E-state index contributed by atoms with van der Waals surface area (Å²) in [6, 6.07) is 17.4. The molecule has 0 spiro atoms. The highest BCUT2D eigenvalue weighted by molar-refractivity contribution is 7.14. The van der Waals surface area contributed by atoms with Gasteiger partial charge in [-0.2, -0.15) is 0 Å². The maximum Gasteiger partial charge on any atom is 0.267 e. The molecule has 0 aliphatic carbocycles. The van der Waals surface area contributed by atoms with E-state index in [1.165, 1.54) is 11.3 Å². The molecule has 0 fully saturated rings. The second-order valence-corrected chi connectivity index (χ2v) is 6.00. The Morgan fingerprint density at radius 3 is 2.52 bits per heavy atom. The zero-order valence-corrected chi connectivity index (χ0v) is 13.4. The summed E-state index contributed by atoms with van der Waals surface area (Å²) in [6.45, 7) is 2.01. The Labute approximate surface area is 139 Å². The number of benzene rings is 2. The molecule has 1 aromatic heterocycles. The minimum absolute atomic E-state index is 0.167. The van der Waals surface area contributed by atoms with E-state index < -0.39 is 0 Å². The molecule has 3 rings (SSSR count). The lowest BCUT2D eigenvalue weighted by molar-refractivity contribution is 0.103. The molecule has 0 saturated heterocycles. The number of hydrogen-bond donors (Lipinski definition) is 1. The van der Waals surface area contributed by atoms with Crippen LogP contribution in [0.15, 0.2) is 60.8 Å². The minimum atomic E-state index is -0.167. The van der Waals surface area contributed by atoms with E-state index in [1.807, 2.05) is 61.5 Å². The second-order valence-electron chi connectivity index (χ2n) is 4.97. The van der Waals surface area contributed by atoms with Gasteiger partial charge in [-0.15, -0.1) is 11.3 Å². The summed E-state index contributed by atoms with van der Waals surface area (Å²) >= 11 is 1.29. The number of nitrogens with zero attached hydrogens (tertiary/aromatic N) is 1. The zero-order chi connectivity index (χ0) is 16.1. The van der Waals surface area contributed by atoms with Gasteiger partial charge in [0.05, 0.1) is 6.20 Å². The first-order chi connectivity index (χ1) is 11.2. The van der Waals surface area contributed by atoms with E-state index in [2.05, 4.69) is 22.1 Å². The van der Waals surface area contributed by atoms with Gasteiger partial charge in [-0.3, -0.25) is 4.79 Å². The Morgan fingerprint density at radius 2 is 1.78 bits per heavy atom. The van der Waals surface area contributed by atoms with Crippen LogP contribution in [0.2, 0.25) is 0 Å². The lowest BCUT2D eigenvalue weighted by Crippen LogP contribution is -2.09. The number of nitrogens with one attached hydrogen (secondary N) is 1. The van der Waals surface area contributed by atoms with E-state index >= 15 is 0 Å². The van der Waals surface area contributed by atoms with Crippen molar-refractivity contribution in [3.63, 3.8) is 0 Å². The first-order valence-electron chi connectivity index (χ1n) is 7.11. The Hall–Kier alpha value is -2.90. The molecule has 112 valence electrons. The Bertz CT molecular complexity index is 871. The SMILES string of the molecule is Cc1ccc(NC(=O)c2cnc(C#Cc3ccccc3)s2)cc1. The smallest absolute Gasteiger partial charge is 0.267 e. The highest BCUT2D eigenvalue weighted by atomic mass is 32.1. The van der Waals surface area contributed by atoms with Crippen LogP contribution in [-0.4, -0.2) is 10.9 Å². The third kappa shape index (κ3) is 4.06. The Balaban J connectivity index is 1.70. The highest BCUT2D eigenvalue weighted by Crippen LogP contribution is 2.15. The average Bonchev–Trinajstić information content (AvgIpc) is 3.05. The van der Waals surface area contributed by atoms with Crippen molar-refractivity contribution in [1.82, 2.24) is 4.98 Å². The van der Waals surface area contributed by atoms with Crippen molar-refractivity contribution in [2.24, 2.45) is 0 Å². The molecular formula is C19H14N2OS. The van der Waals surface area contributed by atoms with Crippen LogP contribution in [0.3, 0.4) is 0 Å². The van der Waals surface area contributed by atoms with Crippen LogP contribution in [0.4, 0.5) is 5.69 Å². The topological polar surface area (TPSA) is 42.0 Å². The predicted molar refractivity (Wildman–Crippen MR) is 93.7 cm³/mol. The molecule has 0 bridgehead atoms. The number of carbonyl (C=O) groups excluding carboxylic acids is 1. The zero-order valence-electron chi connectivity index (χ0n) is 12.5. The molecule has 3 aromatic rings. The van der Waals surface area contributed by atoms with Crippen LogP contribution in [0, 0.1) is 18.8 Å². The van der Waals surface area contributed by atoms with Crippen molar-refractivity contribution < 1.29 is 4.79 Å². The molecule has 3 nitrogen and oxygen atoms in total. The van der Waals surface area contributed by atoms with Gasteiger partial charge in [0.1, 0.15) is 4.88 Å². The number of amides is 1. The van der Waals surface area contributed by atoms with Crippen LogP contribution in [0.25, 0.3) is 0 Å². The third-order valence-electron chi connectivity index (χ3n) is 3.13. The predicted octanol–water partition coefficient (Wildman–Crippen LogP) is 4.10. The third-order valence-corrected chi connectivity index (χ3v) is 4.04. The number of aromatic nitrogens is 1. The van der Waals surface area contributed by atoms with E-state index in [4.69, 9.17) is 0 Å². The van der Waals surface area contributed by atoms with Gasteiger partial charge < -0.3 is 5.32 Å². The molecule has 0 atom stereocenters. The van der Waals surface area contributed by atoms with E-state index in [9.17, 15) is 4.79 Å². The maximum atomic E-state index is 12.2. The lowest BCUT2D eigenvalue weighted by atomic mass is 10.2. The molecule has 0 aliphatic heterocycles. The van der Waals surface area contributed by atoms with Gasteiger partial charge >= 0.3 is 0 Å². The van der Waals surface area contributed by atoms with Gasteiger partial charge in [0.2, 0.25) is 0 Å². The molecule has 0 saturated carbocycles. The highest BCUT2D eigenvalue weighted by Gasteiger charge is 2.09. The first kappa shape index (κ1) is 15.0. The molecule has 0 unspecified atom stereocenters. The van der Waals surface area contributed by atoms with E-state index in [-0.39, 0.29) is 5.91 Å². The van der Waals surface area contributed by atoms with Crippen molar-refractivity contribution in [1.29, 1.82) is 0 Å². The van der Waals surface area contributed by atoms with Gasteiger partial charge in [0.15, 0.2) is 5.01 Å². The standard InChI is InChI=1S/C19H14N2OS/c1-14-7-10-16(11-8-14)21-19(22)17-13-20-18(23-17)12-9-15-5-3-2-4-6-15/h2-8,10-11,13H,1H3,(H,21,22). The number of carbonyl (C=O) groups is 1. The largest absolute Gasteiger partial charge is 0.321 e. The number of anilines is 1. The fraction of sp³-hybridized carbons (Fsp3) is 0.0526. The molecule has 1 heterocycles. The summed E-state index contributed by atoms with van der Waals surface area (Å²) in [5.41, 5.74) is 2.85. The van der Waals surface area contributed by atoms with Gasteiger partial charge in [0.25, 0.3) is 5.91 Å². The van der Waals surface area contributed by atoms with E-state index in [0.717, 1.165) is 16.8 Å². The molecule has 4 heteroatoms. The van der Waals surface area contributed by atoms with Crippen LogP contribution in [0.5, 0.6) is 0 Å². The van der Waals surface area contributed by atoms with Crippen molar-refractivity contribution in [2.75, 3.05) is 5.32 Å². The molecule has 1 N–H and O–H groups in total. The monoisotopic (exact) mass is 318 g/mol. The number of thiazole rings is 1. The van der Waals surface area contributed by atoms with Gasteiger partial charge in [-0.1, -0.05) is 41.8 Å². The van der Waals surface area contributed by atoms with Crippen LogP contribution >= 0.6 is 11.3 Å². The fourth-order valence-corrected chi connectivity index (χ4v) is 2.58. The molecule has 0 radical (unpaired) electrons. The molecule has 1 amide bonds. The normalized spacial score (nSPS) is 9.78. The maximum absolute atomic E-state index is 12.2. The van der Waals surface area contributed by atoms with Gasteiger partial charge in [0, 0.05) is 11.3 Å². The van der Waals surface area contributed by atoms with Crippen molar-refractivity contribution in [3.8, 4) is 11.8 Å². The summed E-state index contributed by atoms with van der Waals surface area (Å²) in [5.74, 6) is 5.85. The van der Waals surface area contributed by atoms with E-state index in [1.54, 1.807) is 6.20 Å². The van der Waals surface area contributed by atoms with Gasteiger partial charge in [-0.25, -0.2) is 4.98 Å². The Kier molecular flexibility index (Phi) is 4.51. The number of aryl methyl sites for hydroxylation is 1. The summed E-state index contributed by atoms with van der Waals surface area (Å²) in [5, 5.41) is 3.48. The molecule has 2 aromatic carbocycles. The first-order valence-corrected chi connectivity index (χ1v) is 7.93. The Morgan fingerprint density at radius 1 is 1.04 bits per heavy atom. The fourth-order valence-electron chi connectivity index (χ4n) is 1.91. The minimum Gasteiger partial charge on any atom is -0.321 e. The average molecular weight is 318 g/mol. The van der Waals surface area contributed by atoms with Gasteiger partial charge in [-0.05, 0) is 37.1 Å². The number of hydrogen-bond acceptors (Lipinski definition) is 3. The molecule has 0 aliphatic rings. The summed E-state index contributed by atoms with van der Waals surface area (Å²) in [6.07, 6.45) is 1.56. The van der Waals surface area contributed by atoms with Crippen molar-refractivity contribution in [2.45, 2.75) is 6.92 Å². The lowest BCUT2D eigenvalue weighted by Gasteiger charge is -2.02.